The number of rotatable bonds is 4. The number of hydrogen-bond acceptors (Lipinski definition) is 2. The molecule has 1 aliphatic carbocycles. The summed E-state index contributed by atoms with van der Waals surface area (Å²) in [5.41, 5.74) is 4.53. The van der Waals surface area contributed by atoms with Crippen LogP contribution in [0.1, 0.15) is 23.5 Å². The van der Waals surface area contributed by atoms with Gasteiger partial charge in [-0.15, -0.1) is 0 Å². The highest BCUT2D eigenvalue weighted by molar-refractivity contribution is 5.79. The Balaban J connectivity index is 2.10. The summed E-state index contributed by atoms with van der Waals surface area (Å²) in [6.45, 7) is -0.0498. The molecule has 0 spiro atoms. The lowest BCUT2D eigenvalue weighted by Gasteiger charge is -2.25. The van der Waals surface area contributed by atoms with Crippen molar-refractivity contribution in [2.45, 2.75) is 18.4 Å². The average Bonchev–Trinajstić information content (AvgIpc) is 2.81. The van der Waals surface area contributed by atoms with Gasteiger partial charge in [0.1, 0.15) is 0 Å². The van der Waals surface area contributed by atoms with Gasteiger partial charge in [0.05, 0.1) is 0 Å². The molecule has 1 amide bonds. The predicted molar refractivity (Wildman–Crippen MR) is 80.4 cm³/mol. The van der Waals surface area contributed by atoms with Crippen LogP contribution in [0.2, 0.25) is 0 Å². The zero-order valence-electron chi connectivity index (χ0n) is 11.5. The van der Waals surface area contributed by atoms with Gasteiger partial charge in [0.15, 0.2) is 0 Å². The topological polar surface area (TPSA) is 69.6 Å². The molecule has 108 valence electrons. The van der Waals surface area contributed by atoms with Crippen LogP contribution in [0.3, 0.4) is 0 Å². The largest absolute Gasteiger partial charge is 0.465 e. The molecule has 0 saturated carbocycles. The van der Waals surface area contributed by atoms with E-state index in [-0.39, 0.29) is 18.6 Å². The average molecular weight is 283 g/mol. The maximum atomic E-state index is 11.1. The summed E-state index contributed by atoms with van der Waals surface area (Å²) in [4.78, 5) is 11.1. The molecule has 1 aliphatic rings. The highest BCUT2D eigenvalue weighted by Crippen LogP contribution is 2.46. The summed E-state index contributed by atoms with van der Waals surface area (Å²) in [6.07, 6.45) is -0.671. The van der Waals surface area contributed by atoms with Crippen molar-refractivity contribution in [2.75, 3.05) is 6.61 Å². The molecular formula is C17H17NO3. The highest BCUT2D eigenvalue weighted by atomic mass is 16.4. The predicted octanol–water partition coefficient (Wildman–Crippen LogP) is 2.82. The molecule has 1 atom stereocenters. The van der Waals surface area contributed by atoms with Gasteiger partial charge in [-0.2, -0.15) is 0 Å². The molecule has 0 heterocycles. The quantitative estimate of drug-likeness (QED) is 0.808. The van der Waals surface area contributed by atoms with E-state index in [4.69, 9.17) is 5.11 Å². The van der Waals surface area contributed by atoms with E-state index in [1.807, 2.05) is 36.4 Å². The van der Waals surface area contributed by atoms with Gasteiger partial charge in [0.25, 0.3) is 0 Å². The van der Waals surface area contributed by atoms with E-state index in [1.54, 1.807) is 0 Å². The van der Waals surface area contributed by atoms with E-state index < -0.39 is 6.09 Å². The summed E-state index contributed by atoms with van der Waals surface area (Å²) in [5, 5.41) is 20.9. The summed E-state index contributed by atoms with van der Waals surface area (Å²) in [6, 6.07) is 15.8. The van der Waals surface area contributed by atoms with Crippen molar-refractivity contribution in [3.8, 4) is 11.1 Å². The van der Waals surface area contributed by atoms with Crippen molar-refractivity contribution in [3.05, 3.63) is 59.7 Å². The molecule has 0 bridgehead atoms. The molecule has 4 nitrogen and oxygen atoms in total. The SMILES string of the molecule is O=C(O)NC(CCO)C1c2ccccc2-c2ccccc21. The van der Waals surface area contributed by atoms with Gasteiger partial charge in [-0.1, -0.05) is 48.5 Å². The first-order chi connectivity index (χ1) is 10.2. The third kappa shape index (κ3) is 2.38. The van der Waals surface area contributed by atoms with Crippen molar-refractivity contribution in [1.82, 2.24) is 5.32 Å². The molecule has 0 aromatic heterocycles. The third-order valence-corrected chi connectivity index (χ3v) is 4.03. The number of fused-ring (bicyclic) bond motifs is 3. The Morgan fingerprint density at radius 1 is 1.05 bits per heavy atom. The second-order valence-corrected chi connectivity index (χ2v) is 5.22. The number of carbonyl (C=O) groups is 1. The van der Waals surface area contributed by atoms with Gasteiger partial charge in [-0.05, 0) is 28.7 Å². The molecule has 0 aliphatic heterocycles. The number of aliphatic hydroxyl groups is 1. The number of carboxylic acid groups (broad SMARTS) is 1. The Labute approximate surface area is 123 Å². The molecule has 0 radical (unpaired) electrons. The summed E-state index contributed by atoms with van der Waals surface area (Å²) in [5.74, 6) is -0.0550. The smallest absolute Gasteiger partial charge is 0.404 e. The van der Waals surface area contributed by atoms with Crippen LogP contribution in [0, 0.1) is 0 Å². The number of aliphatic hydroxyl groups excluding tert-OH is 1. The van der Waals surface area contributed by atoms with Crippen molar-refractivity contribution < 1.29 is 15.0 Å². The summed E-state index contributed by atoms with van der Waals surface area (Å²) >= 11 is 0. The first-order valence-corrected chi connectivity index (χ1v) is 7.01. The minimum Gasteiger partial charge on any atom is -0.465 e. The third-order valence-electron chi connectivity index (χ3n) is 4.03. The fourth-order valence-corrected chi connectivity index (χ4v) is 3.25. The summed E-state index contributed by atoms with van der Waals surface area (Å²) in [7, 11) is 0. The second kappa shape index (κ2) is 5.58. The zero-order chi connectivity index (χ0) is 14.8. The lowest BCUT2D eigenvalue weighted by atomic mass is 9.88. The van der Waals surface area contributed by atoms with Crippen molar-refractivity contribution in [2.24, 2.45) is 0 Å². The van der Waals surface area contributed by atoms with E-state index in [2.05, 4.69) is 17.4 Å². The number of hydrogen-bond donors (Lipinski definition) is 3. The van der Waals surface area contributed by atoms with Crippen LogP contribution in [-0.4, -0.2) is 29.0 Å². The summed E-state index contributed by atoms with van der Waals surface area (Å²) < 4.78 is 0. The number of amides is 1. The Hall–Kier alpha value is -2.33. The van der Waals surface area contributed by atoms with Gasteiger partial charge in [0.2, 0.25) is 0 Å². The van der Waals surface area contributed by atoms with Gasteiger partial charge >= 0.3 is 6.09 Å². The first-order valence-electron chi connectivity index (χ1n) is 7.01. The van der Waals surface area contributed by atoms with Crippen LogP contribution in [0.25, 0.3) is 11.1 Å². The fraction of sp³-hybridized carbons (Fsp3) is 0.235. The fourth-order valence-electron chi connectivity index (χ4n) is 3.25. The Kier molecular flexibility index (Phi) is 3.62. The van der Waals surface area contributed by atoms with Gasteiger partial charge in [-0.25, -0.2) is 4.79 Å². The number of benzene rings is 2. The standard InChI is InChI=1S/C17H17NO3/c19-10-9-15(18-17(20)21)16-13-7-3-1-5-11(13)12-6-2-4-8-14(12)16/h1-8,15-16,18-19H,9-10H2,(H,20,21). The minimum atomic E-state index is -1.06. The Bertz CT molecular complexity index is 623. The van der Waals surface area contributed by atoms with Crippen LogP contribution in [0.5, 0.6) is 0 Å². The van der Waals surface area contributed by atoms with E-state index in [0.717, 1.165) is 22.3 Å². The minimum absolute atomic E-state index is 0.0498. The molecule has 2 aromatic carbocycles. The van der Waals surface area contributed by atoms with Crippen LogP contribution >= 0.6 is 0 Å². The molecule has 2 aromatic rings. The van der Waals surface area contributed by atoms with Crippen molar-refractivity contribution in [1.29, 1.82) is 0 Å². The molecule has 0 saturated heterocycles. The molecule has 3 N–H and O–H groups in total. The van der Waals surface area contributed by atoms with E-state index in [9.17, 15) is 9.90 Å². The lowest BCUT2D eigenvalue weighted by molar-refractivity contribution is 0.183. The molecule has 1 unspecified atom stereocenters. The van der Waals surface area contributed by atoms with E-state index in [1.165, 1.54) is 0 Å². The van der Waals surface area contributed by atoms with Gasteiger partial charge < -0.3 is 15.5 Å². The van der Waals surface area contributed by atoms with Crippen molar-refractivity contribution >= 4 is 6.09 Å². The highest BCUT2D eigenvalue weighted by Gasteiger charge is 2.34. The van der Waals surface area contributed by atoms with E-state index >= 15 is 0 Å². The van der Waals surface area contributed by atoms with Crippen LogP contribution in [0.15, 0.2) is 48.5 Å². The van der Waals surface area contributed by atoms with Gasteiger partial charge in [0, 0.05) is 18.6 Å². The maximum absolute atomic E-state index is 11.1. The van der Waals surface area contributed by atoms with Crippen LogP contribution in [-0.2, 0) is 0 Å². The maximum Gasteiger partial charge on any atom is 0.404 e. The first kappa shape index (κ1) is 13.6. The van der Waals surface area contributed by atoms with Crippen molar-refractivity contribution in [3.63, 3.8) is 0 Å². The number of nitrogens with one attached hydrogen (secondary N) is 1. The molecule has 3 rings (SSSR count). The molecular weight excluding hydrogens is 266 g/mol. The molecule has 4 heteroatoms. The molecule has 21 heavy (non-hydrogen) atoms. The van der Waals surface area contributed by atoms with Gasteiger partial charge in [-0.3, -0.25) is 0 Å². The second-order valence-electron chi connectivity index (χ2n) is 5.22. The molecule has 0 fully saturated rings. The Morgan fingerprint density at radius 3 is 2.05 bits per heavy atom. The zero-order valence-corrected chi connectivity index (χ0v) is 11.5. The normalized spacial score (nSPS) is 14.3. The lowest BCUT2D eigenvalue weighted by Crippen LogP contribution is -2.39. The monoisotopic (exact) mass is 283 g/mol. The van der Waals surface area contributed by atoms with E-state index in [0.29, 0.717) is 6.42 Å². The van der Waals surface area contributed by atoms with Crippen LogP contribution in [0.4, 0.5) is 4.79 Å². The Morgan fingerprint density at radius 2 is 1.57 bits per heavy atom. The van der Waals surface area contributed by atoms with Crippen LogP contribution < -0.4 is 5.32 Å².